The molecule has 11 nitrogen and oxygen atoms in total. The van der Waals surface area contributed by atoms with E-state index in [0.717, 1.165) is 46.8 Å². The van der Waals surface area contributed by atoms with Crippen LogP contribution in [-0.2, 0) is 11.2 Å². The molecule has 0 unspecified atom stereocenters. The van der Waals surface area contributed by atoms with Crippen LogP contribution in [-0.4, -0.2) is 52.6 Å². The number of hydrogen-bond acceptors (Lipinski definition) is 10. The number of hydrogen-bond donors (Lipinski definition) is 1. The third-order valence-electron chi connectivity index (χ3n) is 7.68. The number of aliphatic imine (C=N–C) groups is 1. The number of carbonyl (C=O) groups excluding carboxylic acids is 1. The Bertz CT molecular complexity index is 2000. The van der Waals surface area contributed by atoms with Crippen molar-refractivity contribution in [3.8, 4) is 28.4 Å². The number of Topliss-reactive ketones (excluding diaryl/α,β-unsaturated/α-hetero) is 1. The molecule has 1 saturated carbocycles. The van der Waals surface area contributed by atoms with E-state index in [1.54, 1.807) is 35.7 Å². The first-order chi connectivity index (χ1) is 21.7. The van der Waals surface area contributed by atoms with Crippen LogP contribution in [0.2, 0.25) is 0 Å². The molecule has 1 fully saturated rings. The van der Waals surface area contributed by atoms with Crippen molar-refractivity contribution < 1.29 is 9.21 Å². The highest BCUT2D eigenvalue weighted by atomic mass is 16.4. The number of rotatable bonds is 7. The maximum atomic E-state index is 13.4. The van der Waals surface area contributed by atoms with Gasteiger partial charge in [0.2, 0.25) is 0 Å². The van der Waals surface area contributed by atoms with Crippen LogP contribution < -0.4 is 5.32 Å². The molecule has 0 saturated heterocycles. The number of fused-ring (bicyclic) bond motifs is 1. The fourth-order valence-electron chi connectivity index (χ4n) is 5.28. The van der Waals surface area contributed by atoms with Gasteiger partial charge in [-0.25, -0.2) is 14.6 Å². The SMILES string of the molecule is O=C1Cc2ccccc2C(c2ccccc2)=N[C@@H]1Nc1nnc(-c2cn(-c3cccnc3)nc2-c2cnc(C3CC3)nc2)o1. The minimum atomic E-state index is -0.924. The third-order valence-corrected chi connectivity index (χ3v) is 7.68. The van der Waals surface area contributed by atoms with E-state index in [0.29, 0.717) is 22.7 Å². The summed E-state index contributed by atoms with van der Waals surface area (Å²) in [6, 6.07) is 21.5. The van der Waals surface area contributed by atoms with Crippen LogP contribution in [0.5, 0.6) is 0 Å². The molecule has 8 rings (SSSR count). The number of anilines is 1. The Hall–Kier alpha value is -5.84. The second-order valence-corrected chi connectivity index (χ2v) is 10.8. The van der Waals surface area contributed by atoms with Crippen LogP contribution in [0.1, 0.15) is 41.3 Å². The highest BCUT2D eigenvalue weighted by Gasteiger charge is 2.29. The summed E-state index contributed by atoms with van der Waals surface area (Å²) in [7, 11) is 0. The van der Waals surface area contributed by atoms with Crippen LogP contribution in [0, 0.1) is 0 Å². The van der Waals surface area contributed by atoms with Gasteiger partial charge >= 0.3 is 6.01 Å². The fourth-order valence-corrected chi connectivity index (χ4v) is 5.28. The number of nitrogens with one attached hydrogen (secondary N) is 1. The minimum absolute atomic E-state index is 0.0703. The van der Waals surface area contributed by atoms with Gasteiger partial charge in [-0.3, -0.25) is 14.8 Å². The molecule has 0 radical (unpaired) electrons. The second-order valence-electron chi connectivity index (χ2n) is 10.8. The molecule has 0 spiro atoms. The lowest BCUT2D eigenvalue weighted by atomic mass is 9.96. The van der Waals surface area contributed by atoms with Crippen LogP contribution in [0.3, 0.4) is 0 Å². The average Bonchev–Trinajstić information content (AvgIpc) is 3.70. The molecule has 4 aromatic heterocycles. The summed E-state index contributed by atoms with van der Waals surface area (Å²) in [5.74, 6) is 1.39. The normalized spacial score (nSPS) is 16.2. The molecule has 1 aliphatic carbocycles. The zero-order valence-electron chi connectivity index (χ0n) is 23.4. The summed E-state index contributed by atoms with van der Waals surface area (Å²) >= 11 is 0. The number of pyridine rings is 1. The van der Waals surface area contributed by atoms with Gasteiger partial charge < -0.3 is 9.73 Å². The number of benzene rings is 2. The van der Waals surface area contributed by atoms with E-state index >= 15 is 0 Å². The molecule has 5 heterocycles. The third kappa shape index (κ3) is 4.94. The molecule has 1 atom stereocenters. The Kier molecular flexibility index (Phi) is 6.33. The highest BCUT2D eigenvalue weighted by molar-refractivity contribution is 6.16. The minimum Gasteiger partial charge on any atom is -0.403 e. The van der Waals surface area contributed by atoms with E-state index in [9.17, 15) is 4.79 Å². The first-order valence-electron chi connectivity index (χ1n) is 14.4. The van der Waals surface area contributed by atoms with Gasteiger partial charge in [0.15, 0.2) is 11.9 Å². The van der Waals surface area contributed by atoms with Gasteiger partial charge in [0.1, 0.15) is 11.5 Å². The standard InChI is InChI=1S/C33H25N9O2/c43-27-15-22-9-4-5-11-25(22)28(20-7-2-1-3-8-20)37-31(27)38-33-40-39-32(44-33)26-19-42(24-10-6-14-34-18-24)41-29(26)23-16-35-30(36-17-23)21-12-13-21/h1-11,14,16-19,21,31H,12-13,15H2,(H,38,40)/t31-/m1/s1. The Morgan fingerprint density at radius 1 is 0.841 bits per heavy atom. The number of ketones is 1. The summed E-state index contributed by atoms with van der Waals surface area (Å²) < 4.78 is 7.80. The molecular formula is C33H25N9O2. The zero-order valence-corrected chi connectivity index (χ0v) is 23.4. The van der Waals surface area contributed by atoms with Crippen molar-refractivity contribution >= 4 is 17.5 Å². The summed E-state index contributed by atoms with van der Waals surface area (Å²) in [5, 5.41) is 16.4. The molecular weight excluding hydrogens is 554 g/mol. The van der Waals surface area contributed by atoms with Crippen molar-refractivity contribution in [3.63, 3.8) is 0 Å². The molecule has 2 aliphatic rings. The molecule has 1 aliphatic heterocycles. The van der Waals surface area contributed by atoms with E-state index in [4.69, 9.17) is 14.5 Å². The van der Waals surface area contributed by atoms with Crippen LogP contribution in [0.15, 0.2) is 107 Å². The maximum Gasteiger partial charge on any atom is 0.317 e. The van der Waals surface area contributed by atoms with Crippen molar-refractivity contribution in [2.45, 2.75) is 31.3 Å². The molecule has 214 valence electrons. The Morgan fingerprint density at radius 2 is 1.66 bits per heavy atom. The lowest BCUT2D eigenvalue weighted by Gasteiger charge is -2.11. The largest absolute Gasteiger partial charge is 0.403 e. The van der Waals surface area contributed by atoms with Gasteiger partial charge in [0.25, 0.3) is 5.89 Å². The molecule has 6 aromatic rings. The van der Waals surface area contributed by atoms with Crippen molar-refractivity contribution in [2.24, 2.45) is 4.99 Å². The molecule has 11 heteroatoms. The lowest BCUT2D eigenvalue weighted by Crippen LogP contribution is -2.29. The lowest BCUT2D eigenvalue weighted by molar-refractivity contribution is -0.119. The predicted octanol–water partition coefficient (Wildman–Crippen LogP) is 5.05. The van der Waals surface area contributed by atoms with Crippen molar-refractivity contribution in [1.82, 2.24) is 34.9 Å². The van der Waals surface area contributed by atoms with Gasteiger partial charge in [-0.2, -0.15) is 5.10 Å². The summed E-state index contributed by atoms with van der Waals surface area (Å²) in [4.78, 5) is 31.7. The van der Waals surface area contributed by atoms with Crippen LogP contribution >= 0.6 is 0 Å². The van der Waals surface area contributed by atoms with Gasteiger partial charge in [-0.1, -0.05) is 59.7 Å². The van der Waals surface area contributed by atoms with Crippen molar-refractivity contribution in [3.05, 3.63) is 120 Å². The maximum absolute atomic E-state index is 13.4. The topological polar surface area (TPSA) is 137 Å². The number of nitrogens with zero attached hydrogens (tertiary/aromatic N) is 8. The van der Waals surface area contributed by atoms with Gasteiger partial charge in [0, 0.05) is 53.8 Å². The van der Waals surface area contributed by atoms with Gasteiger partial charge in [-0.05, 0) is 30.5 Å². The molecule has 0 amide bonds. The fraction of sp³-hybridized carbons (Fsp3) is 0.152. The predicted molar refractivity (Wildman–Crippen MR) is 162 cm³/mol. The first-order valence-corrected chi connectivity index (χ1v) is 14.4. The van der Waals surface area contributed by atoms with E-state index in [-0.39, 0.29) is 24.1 Å². The quantitative estimate of drug-likeness (QED) is 0.275. The number of aromatic nitrogens is 7. The molecule has 2 aromatic carbocycles. The smallest absolute Gasteiger partial charge is 0.317 e. The first kappa shape index (κ1) is 25.8. The van der Waals surface area contributed by atoms with Crippen LogP contribution in [0.4, 0.5) is 6.01 Å². The monoisotopic (exact) mass is 579 g/mol. The molecule has 0 bridgehead atoms. The number of carbonyl (C=O) groups is 1. The summed E-state index contributed by atoms with van der Waals surface area (Å²) in [5.41, 5.74) is 6.12. The van der Waals surface area contributed by atoms with Gasteiger partial charge in [0.05, 0.1) is 23.2 Å². The van der Waals surface area contributed by atoms with Crippen LogP contribution in [0.25, 0.3) is 28.4 Å². The highest BCUT2D eigenvalue weighted by Crippen LogP contribution is 2.38. The molecule has 1 N–H and O–H groups in total. The van der Waals surface area contributed by atoms with E-state index in [1.165, 1.54) is 0 Å². The van der Waals surface area contributed by atoms with Crippen molar-refractivity contribution in [2.75, 3.05) is 5.32 Å². The summed E-state index contributed by atoms with van der Waals surface area (Å²) in [6.07, 6.45) is 10.3. The van der Waals surface area contributed by atoms with E-state index in [1.807, 2.05) is 66.7 Å². The van der Waals surface area contributed by atoms with E-state index in [2.05, 4.69) is 30.5 Å². The van der Waals surface area contributed by atoms with Crippen molar-refractivity contribution in [1.29, 1.82) is 0 Å². The van der Waals surface area contributed by atoms with Gasteiger partial charge in [-0.15, -0.1) is 5.10 Å². The Labute approximate surface area is 251 Å². The van der Waals surface area contributed by atoms with E-state index < -0.39 is 6.17 Å². The summed E-state index contributed by atoms with van der Waals surface area (Å²) in [6.45, 7) is 0. The Balaban J connectivity index is 1.15. The Morgan fingerprint density at radius 3 is 2.45 bits per heavy atom. The zero-order chi connectivity index (χ0) is 29.5. The second kappa shape index (κ2) is 10.8. The average molecular weight is 580 g/mol. The molecule has 44 heavy (non-hydrogen) atoms.